The molecule has 0 aliphatic rings. The highest BCUT2D eigenvalue weighted by molar-refractivity contribution is 5.83. The van der Waals surface area contributed by atoms with Crippen LogP contribution < -0.4 is 9.64 Å². The average molecular weight is 373 g/mol. The van der Waals surface area contributed by atoms with Gasteiger partial charge in [0.2, 0.25) is 5.88 Å². The lowest BCUT2D eigenvalue weighted by Crippen LogP contribution is -2.21. The Balaban J connectivity index is 2.45. The van der Waals surface area contributed by atoms with Crippen molar-refractivity contribution in [2.24, 2.45) is 0 Å². The first-order valence-electron chi connectivity index (χ1n) is 8.52. The Labute approximate surface area is 156 Å². The van der Waals surface area contributed by atoms with Crippen molar-refractivity contribution in [1.29, 1.82) is 0 Å². The van der Waals surface area contributed by atoms with Gasteiger partial charge in [-0.15, -0.1) is 0 Å². The molecular weight excluding hydrogens is 352 g/mol. The molecule has 2 aromatic heterocycles. The fourth-order valence-electron chi connectivity index (χ4n) is 2.91. The number of aromatic nitrogens is 4. The monoisotopic (exact) mass is 373 g/mol. The first-order chi connectivity index (χ1) is 12.9. The van der Waals surface area contributed by atoms with Crippen LogP contribution in [0.4, 0.5) is 14.6 Å². The van der Waals surface area contributed by atoms with E-state index in [1.54, 1.807) is 0 Å². The molecule has 3 aromatic rings. The largest absolute Gasteiger partial charge is 0.480 e. The number of allylic oxidation sites excluding steroid dienone is 1. The van der Waals surface area contributed by atoms with Crippen LogP contribution in [0.2, 0.25) is 0 Å². The second-order valence-corrected chi connectivity index (χ2v) is 6.37. The number of hydrogen-bond acceptors (Lipinski definition) is 5. The van der Waals surface area contributed by atoms with Crippen LogP contribution in [0, 0.1) is 18.6 Å². The molecule has 0 amide bonds. The lowest BCUT2D eigenvalue weighted by atomic mass is 10.0. The van der Waals surface area contributed by atoms with E-state index in [9.17, 15) is 8.78 Å². The van der Waals surface area contributed by atoms with Gasteiger partial charge < -0.3 is 9.64 Å². The lowest BCUT2D eigenvalue weighted by Gasteiger charge is -2.24. The standard InChI is InChI=1S/C19H21F2N5O/c1-6-25(9-11(2)3)18-16(13-8-14(20)12(4)7-15(13)21)17(27-5)24-19-22-10-23-26(18)19/h7-10H,6H2,1-5H3. The van der Waals surface area contributed by atoms with Crippen LogP contribution in [-0.4, -0.2) is 33.2 Å². The Morgan fingerprint density at radius 1 is 1.26 bits per heavy atom. The molecule has 0 spiro atoms. The zero-order valence-corrected chi connectivity index (χ0v) is 15.9. The van der Waals surface area contributed by atoms with Gasteiger partial charge in [0.15, 0.2) is 5.82 Å². The summed E-state index contributed by atoms with van der Waals surface area (Å²) in [5.74, 6) is -0.126. The summed E-state index contributed by atoms with van der Waals surface area (Å²) in [5.41, 5.74) is 1.62. The molecular formula is C19H21F2N5O. The minimum atomic E-state index is -0.567. The molecule has 1 aromatic carbocycles. The maximum absolute atomic E-state index is 14.8. The first-order valence-corrected chi connectivity index (χ1v) is 8.52. The number of halogens is 2. The predicted octanol–water partition coefficient (Wildman–Crippen LogP) is 4.14. The maximum atomic E-state index is 14.8. The predicted molar refractivity (Wildman–Crippen MR) is 99.9 cm³/mol. The van der Waals surface area contributed by atoms with E-state index in [4.69, 9.17) is 4.74 Å². The Hall–Kier alpha value is -3.03. The van der Waals surface area contributed by atoms with Gasteiger partial charge in [0.25, 0.3) is 5.78 Å². The van der Waals surface area contributed by atoms with Gasteiger partial charge in [-0.05, 0) is 45.4 Å². The van der Waals surface area contributed by atoms with Crippen LogP contribution in [0.25, 0.3) is 16.9 Å². The molecule has 0 saturated carbocycles. The fourth-order valence-corrected chi connectivity index (χ4v) is 2.91. The van der Waals surface area contributed by atoms with E-state index in [0.717, 1.165) is 17.7 Å². The Kier molecular flexibility index (Phi) is 5.07. The van der Waals surface area contributed by atoms with Crippen LogP contribution in [0.15, 0.2) is 30.2 Å². The van der Waals surface area contributed by atoms with E-state index in [2.05, 4.69) is 15.1 Å². The summed E-state index contributed by atoms with van der Waals surface area (Å²) in [6, 6.07) is 2.32. The molecule has 142 valence electrons. The van der Waals surface area contributed by atoms with Crippen LogP contribution in [0.5, 0.6) is 5.88 Å². The van der Waals surface area contributed by atoms with Crippen LogP contribution >= 0.6 is 0 Å². The maximum Gasteiger partial charge on any atom is 0.257 e. The van der Waals surface area contributed by atoms with Crippen LogP contribution in [0.3, 0.4) is 0 Å². The number of methoxy groups -OCH3 is 1. The van der Waals surface area contributed by atoms with Gasteiger partial charge in [-0.25, -0.2) is 8.78 Å². The molecule has 0 bridgehead atoms. The van der Waals surface area contributed by atoms with E-state index in [-0.39, 0.29) is 17.0 Å². The number of hydrogen-bond donors (Lipinski definition) is 0. The van der Waals surface area contributed by atoms with Crippen LogP contribution in [0.1, 0.15) is 26.3 Å². The minimum absolute atomic E-state index is 0.0513. The molecule has 0 atom stereocenters. The SMILES string of the molecule is CCN(C=C(C)C)c1c(-c2cc(F)c(C)cc2F)c(OC)nc2ncnn12. The van der Waals surface area contributed by atoms with E-state index in [0.29, 0.717) is 23.7 Å². The van der Waals surface area contributed by atoms with Gasteiger partial charge in [0, 0.05) is 18.3 Å². The number of benzene rings is 1. The van der Waals surface area contributed by atoms with Crippen molar-refractivity contribution >= 4 is 11.6 Å². The molecule has 27 heavy (non-hydrogen) atoms. The molecule has 0 fully saturated rings. The summed E-state index contributed by atoms with van der Waals surface area (Å²) in [4.78, 5) is 10.3. The molecule has 0 unspecified atom stereocenters. The Bertz CT molecular complexity index is 1020. The zero-order chi connectivity index (χ0) is 19.7. The highest BCUT2D eigenvalue weighted by Crippen LogP contribution is 2.40. The second-order valence-electron chi connectivity index (χ2n) is 6.37. The highest BCUT2D eigenvalue weighted by Gasteiger charge is 2.25. The van der Waals surface area contributed by atoms with Gasteiger partial charge in [0.05, 0.1) is 12.7 Å². The van der Waals surface area contributed by atoms with Crippen LogP contribution in [-0.2, 0) is 0 Å². The summed E-state index contributed by atoms with van der Waals surface area (Å²) in [5, 5.41) is 4.23. The average Bonchev–Trinajstić information content (AvgIpc) is 3.09. The number of ether oxygens (including phenoxy) is 1. The third-order valence-electron chi connectivity index (χ3n) is 4.11. The summed E-state index contributed by atoms with van der Waals surface area (Å²) in [6.45, 7) is 7.93. The first kappa shape index (κ1) is 18.8. The summed E-state index contributed by atoms with van der Waals surface area (Å²) in [6.07, 6.45) is 3.26. The van der Waals surface area contributed by atoms with Gasteiger partial charge in [-0.3, -0.25) is 0 Å². The van der Waals surface area contributed by atoms with Crippen molar-refractivity contribution in [1.82, 2.24) is 19.6 Å². The quantitative estimate of drug-likeness (QED) is 0.673. The van der Waals surface area contributed by atoms with Crippen molar-refractivity contribution in [3.63, 3.8) is 0 Å². The molecule has 0 saturated heterocycles. The van der Waals surface area contributed by atoms with Gasteiger partial charge in [-0.1, -0.05) is 5.57 Å². The molecule has 0 N–H and O–H groups in total. The number of nitrogens with zero attached hydrogens (tertiary/aromatic N) is 5. The van der Waals surface area contributed by atoms with E-state index in [1.165, 1.54) is 24.9 Å². The van der Waals surface area contributed by atoms with Crippen molar-refractivity contribution in [3.05, 3.63) is 47.4 Å². The molecule has 6 nitrogen and oxygen atoms in total. The van der Waals surface area contributed by atoms with Gasteiger partial charge in [0.1, 0.15) is 18.0 Å². The van der Waals surface area contributed by atoms with Crippen molar-refractivity contribution in [2.45, 2.75) is 27.7 Å². The Morgan fingerprint density at radius 2 is 2.00 bits per heavy atom. The summed E-state index contributed by atoms with van der Waals surface area (Å²) < 4.78 is 36.0. The van der Waals surface area contributed by atoms with Crippen molar-refractivity contribution in [2.75, 3.05) is 18.6 Å². The molecule has 3 rings (SSSR count). The number of rotatable bonds is 5. The van der Waals surface area contributed by atoms with Gasteiger partial charge >= 0.3 is 0 Å². The number of anilines is 1. The van der Waals surface area contributed by atoms with Crippen molar-refractivity contribution in [3.8, 4) is 17.0 Å². The summed E-state index contributed by atoms with van der Waals surface area (Å²) >= 11 is 0. The van der Waals surface area contributed by atoms with Crippen molar-refractivity contribution < 1.29 is 13.5 Å². The van der Waals surface area contributed by atoms with E-state index in [1.807, 2.05) is 31.9 Å². The fraction of sp³-hybridized carbons (Fsp3) is 0.316. The third kappa shape index (κ3) is 3.34. The smallest absolute Gasteiger partial charge is 0.257 e. The molecule has 8 heteroatoms. The number of fused-ring (bicyclic) bond motifs is 1. The number of aryl methyl sites for hydroxylation is 1. The zero-order valence-electron chi connectivity index (χ0n) is 15.9. The van der Waals surface area contributed by atoms with E-state index >= 15 is 0 Å². The highest BCUT2D eigenvalue weighted by atomic mass is 19.1. The molecule has 0 aliphatic heterocycles. The molecule has 0 aliphatic carbocycles. The minimum Gasteiger partial charge on any atom is -0.480 e. The molecule has 0 radical (unpaired) electrons. The lowest BCUT2D eigenvalue weighted by molar-refractivity contribution is 0.399. The third-order valence-corrected chi connectivity index (χ3v) is 4.11. The second kappa shape index (κ2) is 7.30. The van der Waals surface area contributed by atoms with E-state index < -0.39 is 11.6 Å². The summed E-state index contributed by atoms with van der Waals surface area (Å²) in [7, 11) is 1.43. The Morgan fingerprint density at radius 3 is 2.63 bits per heavy atom. The van der Waals surface area contributed by atoms with Gasteiger partial charge in [-0.2, -0.15) is 19.6 Å². The topological polar surface area (TPSA) is 55.5 Å². The normalized spacial score (nSPS) is 10.9. The molecule has 2 heterocycles.